The molecule has 5 nitrogen and oxygen atoms in total. The van der Waals surface area contributed by atoms with E-state index in [2.05, 4.69) is 28.9 Å². The van der Waals surface area contributed by atoms with Crippen LogP contribution in [0.1, 0.15) is 13.3 Å². The molecule has 1 aliphatic heterocycles. The molecule has 3 aromatic rings. The van der Waals surface area contributed by atoms with E-state index in [1.54, 1.807) is 6.08 Å². The summed E-state index contributed by atoms with van der Waals surface area (Å²) in [4.78, 5) is 12.3. The quantitative estimate of drug-likeness (QED) is 0.763. The molecule has 1 aliphatic rings. The molecule has 1 N–H and O–H groups in total. The van der Waals surface area contributed by atoms with Gasteiger partial charge in [0.15, 0.2) is 9.84 Å². The lowest BCUT2D eigenvalue weighted by Crippen LogP contribution is -2.17. The van der Waals surface area contributed by atoms with Gasteiger partial charge in [-0.2, -0.15) is 0 Å². The molecule has 134 valence electrons. The number of sulfone groups is 1. The number of aromatic nitrogens is 1. The number of para-hydroxylation sites is 1. The molecule has 0 spiro atoms. The van der Waals surface area contributed by atoms with E-state index in [1.807, 2.05) is 30.3 Å². The van der Waals surface area contributed by atoms with Gasteiger partial charge in [-0.05, 0) is 31.2 Å². The van der Waals surface area contributed by atoms with E-state index < -0.39 is 9.84 Å². The topological polar surface area (TPSA) is 68.2 Å². The number of nitrogens with zero attached hydrogens (tertiary/aromatic N) is 1. The van der Waals surface area contributed by atoms with E-state index >= 15 is 0 Å². The zero-order valence-corrected chi connectivity index (χ0v) is 15.3. The van der Waals surface area contributed by atoms with Crippen LogP contribution < -0.4 is 5.32 Å². The molecule has 0 radical (unpaired) electrons. The fraction of sp³-hybridized carbons (Fsp3) is 0.250. The monoisotopic (exact) mass is 368 g/mol. The Kier molecular flexibility index (Phi) is 4.07. The van der Waals surface area contributed by atoms with Gasteiger partial charge in [0, 0.05) is 51.8 Å². The molecule has 26 heavy (non-hydrogen) atoms. The lowest BCUT2D eigenvalue weighted by molar-refractivity contribution is -0.116. The lowest BCUT2D eigenvalue weighted by atomic mass is 10.1. The minimum atomic E-state index is -3.13. The Morgan fingerprint density at radius 2 is 1.92 bits per heavy atom. The van der Waals surface area contributed by atoms with E-state index in [9.17, 15) is 13.2 Å². The minimum Gasteiger partial charge on any atom is -0.341 e. The van der Waals surface area contributed by atoms with Crippen molar-refractivity contribution >= 4 is 43.2 Å². The second kappa shape index (κ2) is 6.29. The Balaban J connectivity index is 1.61. The van der Waals surface area contributed by atoms with Crippen LogP contribution in [-0.2, 0) is 21.2 Å². The summed E-state index contributed by atoms with van der Waals surface area (Å²) in [5.41, 5.74) is 3.04. The van der Waals surface area contributed by atoms with Crippen LogP contribution in [0.25, 0.3) is 21.8 Å². The van der Waals surface area contributed by atoms with Gasteiger partial charge in [-0.1, -0.05) is 24.3 Å². The Morgan fingerprint density at radius 3 is 2.65 bits per heavy atom. The molecule has 4 rings (SSSR count). The van der Waals surface area contributed by atoms with Gasteiger partial charge in [0.25, 0.3) is 0 Å². The van der Waals surface area contributed by atoms with Crippen molar-refractivity contribution in [3.8, 4) is 0 Å². The van der Waals surface area contributed by atoms with Crippen molar-refractivity contribution in [2.75, 3.05) is 11.1 Å². The third-order valence-corrected chi connectivity index (χ3v) is 6.29. The number of anilines is 1. The third-order valence-electron chi connectivity index (χ3n) is 4.82. The Labute approximate surface area is 152 Å². The molecular formula is C20H20N2O3S. The molecule has 0 bridgehead atoms. The molecule has 0 fully saturated rings. The largest absolute Gasteiger partial charge is 0.341 e. The average Bonchev–Trinajstić information content (AvgIpc) is 3.11. The second-order valence-corrected chi connectivity index (χ2v) is 8.59. The Morgan fingerprint density at radius 1 is 1.15 bits per heavy atom. The summed E-state index contributed by atoms with van der Waals surface area (Å²) in [6.45, 7) is 2.99. The minimum absolute atomic E-state index is 0.0173. The smallest absolute Gasteiger partial charge is 0.224 e. The number of hydrogen-bond acceptors (Lipinski definition) is 3. The zero-order chi connectivity index (χ0) is 18.3. The first-order valence-electron chi connectivity index (χ1n) is 8.68. The van der Waals surface area contributed by atoms with Crippen molar-refractivity contribution in [2.24, 2.45) is 5.92 Å². The van der Waals surface area contributed by atoms with Crippen LogP contribution in [0.5, 0.6) is 0 Å². The van der Waals surface area contributed by atoms with Crippen molar-refractivity contribution in [2.45, 2.75) is 19.9 Å². The predicted octanol–water partition coefficient (Wildman–Crippen LogP) is 3.70. The number of hydrogen-bond donors (Lipinski definition) is 1. The fourth-order valence-corrected chi connectivity index (χ4v) is 5.09. The van der Waals surface area contributed by atoms with Crippen LogP contribution in [0, 0.1) is 5.92 Å². The van der Waals surface area contributed by atoms with Crippen molar-refractivity contribution < 1.29 is 13.2 Å². The molecule has 0 saturated carbocycles. The van der Waals surface area contributed by atoms with Gasteiger partial charge in [0.1, 0.15) is 0 Å². The summed E-state index contributed by atoms with van der Waals surface area (Å²) in [5, 5.41) is 6.37. The number of allylic oxidation sites excluding steroid dienone is 1. The van der Waals surface area contributed by atoms with Crippen LogP contribution in [0.3, 0.4) is 0 Å². The van der Waals surface area contributed by atoms with Crippen molar-refractivity contribution in [3.05, 3.63) is 53.9 Å². The van der Waals surface area contributed by atoms with Gasteiger partial charge in [0.2, 0.25) is 5.91 Å². The maximum absolute atomic E-state index is 12.3. The van der Waals surface area contributed by atoms with E-state index in [-0.39, 0.29) is 24.0 Å². The molecule has 1 atom stereocenters. The first-order chi connectivity index (χ1) is 12.5. The standard InChI is InChI=1S/C20H20N2O3S/c1-2-22-18-6-4-3-5-16(18)17-12-15(7-8-19(17)22)21-20(23)11-14-9-10-26(24,25)13-14/h3-10,12,14H,2,11,13H2,1H3,(H,21,23)/t14-/m0/s1. The maximum atomic E-state index is 12.3. The zero-order valence-electron chi connectivity index (χ0n) is 14.5. The van der Waals surface area contributed by atoms with E-state index in [4.69, 9.17) is 0 Å². The van der Waals surface area contributed by atoms with Crippen LogP contribution >= 0.6 is 0 Å². The summed E-state index contributed by atoms with van der Waals surface area (Å²) in [7, 11) is -3.13. The first kappa shape index (κ1) is 16.8. The Bertz CT molecular complexity index is 1140. The average molecular weight is 368 g/mol. The molecule has 2 aromatic carbocycles. The normalized spacial score (nSPS) is 18.6. The van der Waals surface area contributed by atoms with Crippen LogP contribution in [0.2, 0.25) is 0 Å². The van der Waals surface area contributed by atoms with E-state index in [1.165, 1.54) is 10.9 Å². The lowest BCUT2D eigenvalue weighted by Gasteiger charge is -2.09. The fourth-order valence-electron chi connectivity index (χ4n) is 3.69. The molecule has 0 aliphatic carbocycles. The number of nitrogens with one attached hydrogen (secondary N) is 1. The summed E-state index contributed by atoms with van der Waals surface area (Å²) in [6.07, 6.45) is 1.78. The van der Waals surface area contributed by atoms with E-state index in [0.29, 0.717) is 0 Å². The number of fused-ring (bicyclic) bond motifs is 3. The molecule has 0 saturated heterocycles. The first-order valence-corrected chi connectivity index (χ1v) is 10.4. The number of aryl methyl sites for hydroxylation is 1. The highest BCUT2D eigenvalue weighted by Gasteiger charge is 2.24. The van der Waals surface area contributed by atoms with Crippen molar-refractivity contribution in [3.63, 3.8) is 0 Å². The SMILES string of the molecule is CCn1c2ccccc2c2cc(NC(=O)C[C@@H]3C=CS(=O)(=O)C3)ccc21. The van der Waals surface area contributed by atoms with Gasteiger partial charge in [-0.15, -0.1) is 0 Å². The highest BCUT2D eigenvalue weighted by atomic mass is 32.2. The second-order valence-electron chi connectivity index (χ2n) is 6.66. The number of rotatable bonds is 4. The predicted molar refractivity (Wildman–Crippen MR) is 105 cm³/mol. The van der Waals surface area contributed by atoms with Crippen molar-refractivity contribution in [1.82, 2.24) is 4.57 Å². The molecule has 6 heteroatoms. The molecule has 0 unspecified atom stereocenters. The molecule has 1 aromatic heterocycles. The Hall–Kier alpha value is -2.60. The number of amides is 1. The number of carbonyl (C=O) groups is 1. The molecular weight excluding hydrogens is 348 g/mol. The van der Waals surface area contributed by atoms with Crippen LogP contribution in [0.4, 0.5) is 5.69 Å². The summed E-state index contributed by atoms with van der Waals surface area (Å²) < 4.78 is 25.2. The summed E-state index contributed by atoms with van der Waals surface area (Å²) in [6, 6.07) is 14.1. The van der Waals surface area contributed by atoms with Gasteiger partial charge >= 0.3 is 0 Å². The van der Waals surface area contributed by atoms with Crippen molar-refractivity contribution in [1.29, 1.82) is 0 Å². The van der Waals surface area contributed by atoms with Gasteiger partial charge < -0.3 is 9.88 Å². The number of carbonyl (C=O) groups excluding carboxylic acids is 1. The third kappa shape index (κ3) is 3.01. The van der Waals surface area contributed by atoms with E-state index in [0.717, 1.165) is 28.5 Å². The van der Waals surface area contributed by atoms with Gasteiger partial charge in [0.05, 0.1) is 5.75 Å². The number of benzene rings is 2. The van der Waals surface area contributed by atoms with Crippen LogP contribution in [0.15, 0.2) is 53.9 Å². The highest BCUT2D eigenvalue weighted by molar-refractivity contribution is 7.94. The molecule has 1 amide bonds. The maximum Gasteiger partial charge on any atom is 0.224 e. The van der Waals surface area contributed by atoms with Crippen LogP contribution in [-0.4, -0.2) is 24.6 Å². The van der Waals surface area contributed by atoms with Gasteiger partial charge in [-0.25, -0.2) is 8.42 Å². The summed E-state index contributed by atoms with van der Waals surface area (Å²) >= 11 is 0. The van der Waals surface area contributed by atoms with Gasteiger partial charge in [-0.3, -0.25) is 4.79 Å². The highest BCUT2D eigenvalue weighted by Crippen LogP contribution is 2.31. The molecule has 2 heterocycles. The summed E-state index contributed by atoms with van der Waals surface area (Å²) in [5.74, 6) is -0.398.